The van der Waals surface area contributed by atoms with E-state index in [-0.39, 0.29) is 36.8 Å². The van der Waals surface area contributed by atoms with Gasteiger partial charge in [0.1, 0.15) is 0 Å². The molecule has 0 saturated carbocycles. The van der Waals surface area contributed by atoms with Crippen LogP contribution in [0.25, 0.3) is 11.0 Å². The fourth-order valence-electron chi connectivity index (χ4n) is 3.54. The van der Waals surface area contributed by atoms with Crippen molar-refractivity contribution in [3.8, 4) is 0 Å². The van der Waals surface area contributed by atoms with Crippen molar-refractivity contribution in [2.75, 3.05) is 6.54 Å². The summed E-state index contributed by atoms with van der Waals surface area (Å²) in [5, 5.41) is 7.51. The van der Waals surface area contributed by atoms with Gasteiger partial charge in [0.2, 0.25) is 0 Å². The van der Waals surface area contributed by atoms with E-state index in [1.54, 1.807) is 11.8 Å². The summed E-state index contributed by atoms with van der Waals surface area (Å²) in [4.78, 5) is 20.8. The van der Waals surface area contributed by atoms with Crippen LogP contribution in [0.3, 0.4) is 0 Å². The number of amides is 1. The van der Waals surface area contributed by atoms with Gasteiger partial charge in [-0.15, -0.1) is 24.8 Å². The number of carbonyl (C=O) groups is 1. The Morgan fingerprint density at radius 1 is 1.17 bits per heavy atom. The number of halogens is 2. The number of aromatic amines is 1. The van der Waals surface area contributed by atoms with E-state index in [1.807, 2.05) is 48.5 Å². The van der Waals surface area contributed by atoms with Crippen LogP contribution in [0, 0.1) is 0 Å². The second-order valence-electron chi connectivity index (χ2n) is 7.05. The minimum absolute atomic E-state index is 0. The number of fused-ring (bicyclic) bond motifs is 1. The summed E-state index contributed by atoms with van der Waals surface area (Å²) in [6.07, 6.45) is 1.95. The van der Waals surface area contributed by atoms with Crippen LogP contribution < -0.4 is 10.6 Å². The van der Waals surface area contributed by atoms with Crippen LogP contribution in [0.4, 0.5) is 0 Å². The third kappa shape index (κ3) is 5.89. The molecule has 1 amide bonds. The number of carbonyl (C=O) groups excluding carboxylic acids is 1. The summed E-state index contributed by atoms with van der Waals surface area (Å²) in [6.45, 7) is 3.12. The Hall–Kier alpha value is -1.73. The van der Waals surface area contributed by atoms with Gasteiger partial charge in [0.25, 0.3) is 5.91 Å². The smallest absolute Gasteiger partial charge is 0.251 e. The molecule has 0 radical (unpaired) electrons. The highest BCUT2D eigenvalue weighted by molar-refractivity contribution is 7.98. The maximum Gasteiger partial charge on any atom is 0.251 e. The predicted octanol–water partition coefficient (Wildman–Crippen LogP) is 4.57. The van der Waals surface area contributed by atoms with Crippen molar-refractivity contribution in [1.29, 1.82) is 0 Å². The number of benzene rings is 2. The monoisotopic (exact) mass is 452 g/mol. The van der Waals surface area contributed by atoms with E-state index in [9.17, 15) is 4.79 Å². The van der Waals surface area contributed by atoms with Gasteiger partial charge in [-0.05, 0) is 50.1 Å². The molecule has 1 aliphatic rings. The van der Waals surface area contributed by atoms with Gasteiger partial charge < -0.3 is 15.6 Å². The molecule has 3 aromatic rings. The Morgan fingerprint density at radius 2 is 1.93 bits per heavy atom. The highest BCUT2D eigenvalue weighted by atomic mass is 35.5. The zero-order chi connectivity index (χ0) is 18.6. The summed E-state index contributed by atoms with van der Waals surface area (Å²) < 4.78 is 0. The molecule has 2 aromatic carbocycles. The number of nitrogens with one attached hydrogen (secondary N) is 3. The number of hydrogen-bond donors (Lipinski definition) is 3. The average Bonchev–Trinajstić information content (AvgIpc) is 3.09. The van der Waals surface area contributed by atoms with Gasteiger partial charge in [-0.1, -0.05) is 42.1 Å². The van der Waals surface area contributed by atoms with Gasteiger partial charge >= 0.3 is 0 Å². The molecule has 8 heteroatoms. The van der Waals surface area contributed by atoms with Gasteiger partial charge in [0.05, 0.1) is 11.0 Å². The molecule has 5 nitrogen and oxygen atoms in total. The van der Waals surface area contributed by atoms with Crippen LogP contribution in [0.2, 0.25) is 0 Å². The minimum atomic E-state index is 0. The molecule has 2 atom stereocenters. The van der Waals surface area contributed by atoms with Crippen molar-refractivity contribution in [3.63, 3.8) is 0 Å². The number of rotatable bonds is 5. The second-order valence-corrected chi connectivity index (χ2v) is 8.02. The van der Waals surface area contributed by atoms with Crippen molar-refractivity contribution < 1.29 is 4.79 Å². The first kappa shape index (κ1) is 23.5. The Labute approximate surface area is 187 Å². The second kappa shape index (κ2) is 10.9. The molecule has 1 aromatic heterocycles. The first-order chi connectivity index (χ1) is 13.2. The number of aromatic nitrogens is 2. The van der Waals surface area contributed by atoms with Crippen LogP contribution in [0.5, 0.6) is 0 Å². The quantitative estimate of drug-likeness (QED) is 0.495. The highest BCUT2D eigenvalue weighted by Crippen LogP contribution is 2.25. The number of piperidine rings is 1. The van der Waals surface area contributed by atoms with E-state index in [0.717, 1.165) is 46.7 Å². The van der Waals surface area contributed by atoms with Crippen LogP contribution in [-0.2, 0) is 5.75 Å². The summed E-state index contributed by atoms with van der Waals surface area (Å²) in [6, 6.07) is 16.5. The van der Waals surface area contributed by atoms with Crippen molar-refractivity contribution in [2.24, 2.45) is 0 Å². The van der Waals surface area contributed by atoms with Gasteiger partial charge in [0, 0.05) is 23.4 Å². The van der Waals surface area contributed by atoms with Gasteiger partial charge in [0.15, 0.2) is 5.16 Å². The van der Waals surface area contributed by atoms with Gasteiger partial charge in [-0.3, -0.25) is 4.79 Å². The van der Waals surface area contributed by atoms with E-state index in [2.05, 4.69) is 27.5 Å². The Balaban J connectivity index is 0.00000150. The van der Waals surface area contributed by atoms with Crippen LogP contribution in [0.1, 0.15) is 35.7 Å². The summed E-state index contributed by atoms with van der Waals surface area (Å²) in [5.74, 6) is 0.723. The number of hydrogen-bond acceptors (Lipinski definition) is 4. The lowest BCUT2D eigenvalue weighted by Gasteiger charge is -2.28. The fourth-order valence-corrected chi connectivity index (χ4v) is 4.43. The Bertz CT molecular complexity index is 916. The van der Waals surface area contributed by atoms with Gasteiger partial charge in [-0.2, -0.15) is 0 Å². The molecule has 1 aliphatic heterocycles. The molecule has 4 rings (SSSR count). The first-order valence-corrected chi connectivity index (χ1v) is 10.4. The Kier molecular flexibility index (Phi) is 8.83. The maximum atomic E-state index is 12.8. The number of para-hydroxylation sites is 2. The molecule has 0 spiro atoms. The lowest BCUT2D eigenvalue weighted by molar-refractivity contribution is 0.0925. The van der Waals surface area contributed by atoms with Gasteiger partial charge in [-0.25, -0.2) is 4.98 Å². The SMILES string of the molecule is CC1CC(NC(=O)c2ccccc2CSc2nc3ccccc3[nH]2)CCN1.Cl.Cl. The minimum Gasteiger partial charge on any atom is -0.349 e. The molecule has 1 saturated heterocycles. The molecule has 156 valence electrons. The molecule has 1 fully saturated rings. The largest absolute Gasteiger partial charge is 0.349 e. The Morgan fingerprint density at radius 3 is 2.72 bits per heavy atom. The summed E-state index contributed by atoms with van der Waals surface area (Å²) in [5.41, 5.74) is 3.78. The van der Waals surface area contributed by atoms with Crippen molar-refractivity contribution in [2.45, 2.75) is 42.8 Å². The molecule has 0 aliphatic carbocycles. The molecule has 2 heterocycles. The average molecular weight is 453 g/mol. The van der Waals surface area contributed by atoms with E-state index >= 15 is 0 Å². The van der Waals surface area contributed by atoms with E-state index < -0.39 is 0 Å². The number of thioether (sulfide) groups is 1. The lowest BCUT2D eigenvalue weighted by atomic mass is 9.99. The maximum absolute atomic E-state index is 12.8. The highest BCUT2D eigenvalue weighted by Gasteiger charge is 2.21. The molecule has 2 unspecified atom stereocenters. The number of H-pyrrole nitrogens is 1. The van der Waals surface area contributed by atoms with E-state index in [1.165, 1.54) is 0 Å². The number of nitrogens with zero attached hydrogens (tertiary/aromatic N) is 1. The first-order valence-electron chi connectivity index (χ1n) is 9.39. The third-order valence-electron chi connectivity index (χ3n) is 4.95. The van der Waals surface area contributed by atoms with Crippen LogP contribution in [-0.4, -0.2) is 34.5 Å². The van der Waals surface area contributed by atoms with E-state index in [4.69, 9.17) is 0 Å². The standard InChI is InChI=1S/C21H24N4OS.2ClH/c1-14-12-16(10-11-22-14)23-20(26)17-7-3-2-6-15(17)13-27-21-24-18-8-4-5-9-19(18)25-21;;/h2-9,14,16,22H,10-13H2,1H3,(H,23,26)(H,24,25);2*1H. The number of imidazole rings is 1. The molecule has 3 N–H and O–H groups in total. The van der Waals surface area contributed by atoms with Crippen molar-refractivity contribution >= 4 is 53.5 Å². The fraction of sp³-hybridized carbons (Fsp3) is 0.333. The lowest BCUT2D eigenvalue weighted by Crippen LogP contribution is -2.46. The van der Waals surface area contributed by atoms with Crippen LogP contribution in [0.15, 0.2) is 53.7 Å². The zero-order valence-electron chi connectivity index (χ0n) is 16.2. The van der Waals surface area contributed by atoms with Crippen LogP contribution >= 0.6 is 36.6 Å². The van der Waals surface area contributed by atoms with E-state index in [0.29, 0.717) is 11.8 Å². The third-order valence-corrected chi connectivity index (χ3v) is 5.88. The predicted molar refractivity (Wildman–Crippen MR) is 125 cm³/mol. The summed E-state index contributed by atoms with van der Waals surface area (Å²) in [7, 11) is 0. The normalized spacial score (nSPS) is 18.5. The molecular weight excluding hydrogens is 427 g/mol. The molecule has 29 heavy (non-hydrogen) atoms. The topological polar surface area (TPSA) is 69.8 Å². The zero-order valence-corrected chi connectivity index (χ0v) is 18.6. The van der Waals surface area contributed by atoms with Crippen molar-refractivity contribution in [3.05, 3.63) is 59.7 Å². The molecule has 0 bridgehead atoms. The summed E-state index contributed by atoms with van der Waals surface area (Å²) >= 11 is 1.62. The van der Waals surface area contributed by atoms with Crippen molar-refractivity contribution in [1.82, 2.24) is 20.6 Å². The molecular formula is C21H26Cl2N4OS.